The molecule has 1 aromatic heterocycles. The summed E-state index contributed by atoms with van der Waals surface area (Å²) in [5.74, 6) is -0.586. The fourth-order valence-electron chi connectivity index (χ4n) is 3.64. The van der Waals surface area contributed by atoms with Gasteiger partial charge in [-0.2, -0.15) is 4.31 Å². The number of aryl methyl sites for hydroxylation is 3. The van der Waals surface area contributed by atoms with E-state index in [9.17, 15) is 18.0 Å². The summed E-state index contributed by atoms with van der Waals surface area (Å²) in [6.45, 7) is 6.36. The van der Waals surface area contributed by atoms with Gasteiger partial charge in [-0.3, -0.25) is 9.59 Å². The van der Waals surface area contributed by atoms with Crippen LogP contribution < -0.4 is 5.32 Å². The number of sulfonamides is 1. The van der Waals surface area contributed by atoms with E-state index in [4.69, 9.17) is 4.42 Å². The van der Waals surface area contributed by atoms with E-state index < -0.39 is 15.9 Å². The number of piperazine rings is 1. The number of amides is 2. The first-order valence-electron chi connectivity index (χ1n) is 9.37. The van der Waals surface area contributed by atoms with E-state index in [0.29, 0.717) is 4.90 Å². The first kappa shape index (κ1) is 21.1. The van der Waals surface area contributed by atoms with Gasteiger partial charge in [-0.25, -0.2) is 8.42 Å². The van der Waals surface area contributed by atoms with E-state index >= 15 is 0 Å². The molecule has 29 heavy (non-hydrogen) atoms. The minimum atomic E-state index is -3.63. The first-order chi connectivity index (χ1) is 13.7. The van der Waals surface area contributed by atoms with Crippen LogP contribution in [0.2, 0.25) is 0 Å². The number of hydrogen-bond acceptors (Lipinski definition) is 5. The number of nitrogens with zero attached hydrogens (tertiary/aromatic N) is 2. The van der Waals surface area contributed by atoms with Gasteiger partial charge in [0.1, 0.15) is 0 Å². The van der Waals surface area contributed by atoms with Gasteiger partial charge < -0.3 is 14.6 Å². The molecule has 0 radical (unpaired) electrons. The Morgan fingerprint density at radius 3 is 2.24 bits per heavy atom. The predicted molar refractivity (Wildman–Crippen MR) is 107 cm³/mol. The molecule has 1 aliphatic heterocycles. The lowest BCUT2D eigenvalue weighted by atomic mass is 10.1. The van der Waals surface area contributed by atoms with Crippen molar-refractivity contribution in [2.45, 2.75) is 25.7 Å². The Balaban J connectivity index is 1.60. The average Bonchev–Trinajstić information content (AvgIpc) is 3.19. The second-order valence-corrected chi connectivity index (χ2v) is 9.05. The van der Waals surface area contributed by atoms with Crippen molar-refractivity contribution in [3.05, 3.63) is 53.0 Å². The normalized spacial score (nSPS) is 15.3. The molecule has 8 nitrogen and oxygen atoms in total. The van der Waals surface area contributed by atoms with E-state index in [2.05, 4.69) is 5.32 Å². The highest BCUT2D eigenvalue weighted by molar-refractivity contribution is 7.89. The molecule has 0 unspecified atom stereocenters. The summed E-state index contributed by atoms with van der Waals surface area (Å²) in [5, 5.41) is 2.51. The predicted octanol–water partition coefficient (Wildman–Crippen LogP) is 1.47. The van der Waals surface area contributed by atoms with Crippen LogP contribution in [-0.4, -0.2) is 62.2 Å². The number of carbonyl (C=O) groups is 2. The van der Waals surface area contributed by atoms with E-state index in [-0.39, 0.29) is 44.4 Å². The minimum absolute atomic E-state index is 0.137. The van der Waals surface area contributed by atoms with Crippen molar-refractivity contribution in [3.63, 3.8) is 0 Å². The average molecular weight is 420 g/mol. The Morgan fingerprint density at radius 2 is 1.69 bits per heavy atom. The van der Waals surface area contributed by atoms with Gasteiger partial charge in [-0.15, -0.1) is 0 Å². The molecule has 0 aliphatic carbocycles. The van der Waals surface area contributed by atoms with Gasteiger partial charge in [0.25, 0.3) is 5.91 Å². The molecule has 156 valence electrons. The van der Waals surface area contributed by atoms with E-state index in [0.717, 1.165) is 16.7 Å². The summed E-state index contributed by atoms with van der Waals surface area (Å²) < 4.78 is 32.6. The summed E-state index contributed by atoms with van der Waals surface area (Å²) in [6, 6.07) is 6.83. The van der Waals surface area contributed by atoms with Crippen LogP contribution in [0.4, 0.5) is 0 Å². The molecule has 9 heteroatoms. The quantitative estimate of drug-likeness (QED) is 0.791. The largest absolute Gasteiger partial charge is 0.459 e. The molecule has 0 spiro atoms. The van der Waals surface area contributed by atoms with Crippen LogP contribution in [0.25, 0.3) is 0 Å². The third-order valence-corrected chi connectivity index (χ3v) is 7.14. The molecular formula is C20H25N3O5S. The zero-order chi connectivity index (χ0) is 21.2. The Kier molecular flexibility index (Phi) is 6.09. The van der Waals surface area contributed by atoms with Crippen molar-refractivity contribution < 1.29 is 22.4 Å². The Labute approximate surface area is 170 Å². The molecule has 1 fully saturated rings. The van der Waals surface area contributed by atoms with Gasteiger partial charge in [0.05, 0.1) is 17.7 Å². The van der Waals surface area contributed by atoms with E-state index in [1.54, 1.807) is 24.8 Å². The lowest BCUT2D eigenvalue weighted by molar-refractivity contribution is -0.131. The molecule has 0 saturated carbocycles. The number of furan rings is 1. The summed E-state index contributed by atoms with van der Waals surface area (Å²) in [6.07, 6.45) is 1.38. The van der Waals surface area contributed by atoms with Gasteiger partial charge in [0.2, 0.25) is 15.9 Å². The third kappa shape index (κ3) is 4.51. The molecule has 1 saturated heterocycles. The van der Waals surface area contributed by atoms with Crippen LogP contribution in [0.5, 0.6) is 0 Å². The molecule has 1 aromatic carbocycles. The minimum Gasteiger partial charge on any atom is -0.459 e. The van der Waals surface area contributed by atoms with Crippen molar-refractivity contribution in [1.29, 1.82) is 0 Å². The monoisotopic (exact) mass is 419 g/mol. The van der Waals surface area contributed by atoms with Gasteiger partial charge in [-0.1, -0.05) is 17.7 Å². The third-order valence-electron chi connectivity index (χ3n) is 4.94. The van der Waals surface area contributed by atoms with Gasteiger partial charge in [-0.05, 0) is 44.0 Å². The van der Waals surface area contributed by atoms with E-state index in [1.165, 1.54) is 16.6 Å². The number of benzene rings is 1. The highest BCUT2D eigenvalue weighted by Gasteiger charge is 2.32. The number of nitrogens with one attached hydrogen (secondary N) is 1. The van der Waals surface area contributed by atoms with Crippen LogP contribution in [0.1, 0.15) is 27.2 Å². The number of carbonyl (C=O) groups excluding carboxylic acids is 2. The zero-order valence-electron chi connectivity index (χ0n) is 16.8. The van der Waals surface area contributed by atoms with Crippen LogP contribution in [-0.2, 0) is 14.8 Å². The molecule has 2 heterocycles. The Morgan fingerprint density at radius 1 is 1.07 bits per heavy atom. The summed E-state index contributed by atoms with van der Waals surface area (Å²) >= 11 is 0. The lowest BCUT2D eigenvalue weighted by Gasteiger charge is -2.34. The topological polar surface area (TPSA) is 99.9 Å². The highest BCUT2D eigenvalue weighted by atomic mass is 32.2. The molecule has 0 atom stereocenters. The van der Waals surface area contributed by atoms with Crippen LogP contribution in [0.15, 0.2) is 39.8 Å². The van der Waals surface area contributed by atoms with Crippen LogP contribution >= 0.6 is 0 Å². The molecule has 1 aliphatic rings. The standard InChI is InChI=1S/C20H25N3O5S/c1-14-11-15(2)19(16(3)12-14)29(26,27)23-8-6-22(7-9-23)18(24)13-21-20(25)17-5-4-10-28-17/h4-5,10-12H,6-9,13H2,1-3H3,(H,21,25). The maximum Gasteiger partial charge on any atom is 0.287 e. The molecule has 3 rings (SSSR count). The van der Waals surface area contributed by atoms with Crippen molar-refractivity contribution in [2.24, 2.45) is 0 Å². The number of rotatable bonds is 5. The summed E-state index contributed by atoms with van der Waals surface area (Å²) in [5.41, 5.74) is 2.47. The molecular weight excluding hydrogens is 394 g/mol. The molecule has 0 bridgehead atoms. The fraction of sp³-hybridized carbons (Fsp3) is 0.400. The van der Waals surface area contributed by atoms with Gasteiger partial charge >= 0.3 is 0 Å². The first-order valence-corrected chi connectivity index (χ1v) is 10.8. The second kappa shape index (κ2) is 8.38. The number of hydrogen-bond donors (Lipinski definition) is 1. The second-order valence-electron chi connectivity index (χ2n) is 7.17. The fourth-order valence-corrected chi connectivity index (χ4v) is 5.48. The smallest absolute Gasteiger partial charge is 0.287 e. The van der Waals surface area contributed by atoms with Gasteiger partial charge in [0.15, 0.2) is 5.76 Å². The highest BCUT2D eigenvalue weighted by Crippen LogP contribution is 2.26. The Bertz CT molecular complexity index is 984. The summed E-state index contributed by atoms with van der Waals surface area (Å²) in [7, 11) is -3.63. The maximum absolute atomic E-state index is 13.1. The van der Waals surface area contributed by atoms with Crippen molar-refractivity contribution >= 4 is 21.8 Å². The van der Waals surface area contributed by atoms with Gasteiger partial charge in [0, 0.05) is 26.2 Å². The summed E-state index contributed by atoms with van der Waals surface area (Å²) in [4.78, 5) is 26.1. The SMILES string of the molecule is Cc1cc(C)c(S(=O)(=O)N2CCN(C(=O)CNC(=O)c3ccco3)CC2)c(C)c1. The molecule has 2 aromatic rings. The van der Waals surface area contributed by atoms with Crippen molar-refractivity contribution in [2.75, 3.05) is 32.7 Å². The maximum atomic E-state index is 13.1. The Hall–Kier alpha value is -2.65. The van der Waals surface area contributed by atoms with E-state index in [1.807, 2.05) is 19.1 Å². The van der Waals surface area contributed by atoms with Crippen molar-refractivity contribution in [3.8, 4) is 0 Å². The molecule has 1 N–H and O–H groups in total. The lowest BCUT2D eigenvalue weighted by Crippen LogP contribution is -2.52. The molecule has 2 amide bonds. The van der Waals surface area contributed by atoms with Crippen LogP contribution in [0, 0.1) is 20.8 Å². The van der Waals surface area contributed by atoms with Crippen LogP contribution in [0.3, 0.4) is 0 Å². The van der Waals surface area contributed by atoms with Crippen molar-refractivity contribution in [1.82, 2.24) is 14.5 Å². The zero-order valence-corrected chi connectivity index (χ0v) is 17.6.